The average Bonchev–Trinajstić information content (AvgIpc) is 3.50. The van der Waals surface area contributed by atoms with Crippen LogP contribution in [0.3, 0.4) is 0 Å². The van der Waals surface area contributed by atoms with Crippen molar-refractivity contribution in [3.05, 3.63) is 54.2 Å². The van der Waals surface area contributed by atoms with Gasteiger partial charge in [-0.1, -0.05) is 6.07 Å². The molecule has 9 nitrogen and oxygen atoms in total. The molecule has 2 aromatic heterocycles. The molecule has 0 spiro atoms. The number of morpholine rings is 1. The van der Waals surface area contributed by atoms with Crippen LogP contribution in [0.2, 0.25) is 0 Å². The highest BCUT2D eigenvalue weighted by atomic mass is 19.4. The molecule has 2 fully saturated rings. The van der Waals surface area contributed by atoms with E-state index >= 15 is 0 Å². The maximum atomic E-state index is 10.6. The Labute approximate surface area is 213 Å². The summed E-state index contributed by atoms with van der Waals surface area (Å²) in [5.41, 5.74) is 1.12. The van der Waals surface area contributed by atoms with E-state index in [1.807, 2.05) is 30.5 Å². The highest BCUT2D eigenvalue weighted by Gasteiger charge is 2.43. The highest BCUT2D eigenvalue weighted by Crippen LogP contribution is 2.35. The molecular weight excluding hydrogens is 530 g/mol. The van der Waals surface area contributed by atoms with Crippen LogP contribution in [0.4, 0.5) is 26.3 Å². The smallest absolute Gasteiger partial charge is 0.475 e. The largest absolute Gasteiger partial charge is 0.490 e. The number of halogens is 6. The molecule has 1 aliphatic heterocycles. The molecule has 2 aliphatic rings. The summed E-state index contributed by atoms with van der Waals surface area (Å²) in [6.45, 7) is 4.02. The molecule has 0 radical (unpaired) electrons. The summed E-state index contributed by atoms with van der Waals surface area (Å²) in [6.07, 6.45) is -2.16. The van der Waals surface area contributed by atoms with Gasteiger partial charge in [0.1, 0.15) is 5.76 Å². The predicted octanol–water partition coefficient (Wildman–Crippen LogP) is 4.14. The van der Waals surface area contributed by atoms with Crippen molar-refractivity contribution < 1.29 is 60.0 Å². The zero-order valence-electron chi connectivity index (χ0n) is 19.8. The van der Waals surface area contributed by atoms with Gasteiger partial charge < -0.3 is 24.1 Å². The number of pyridine rings is 1. The summed E-state index contributed by atoms with van der Waals surface area (Å²) in [5, 5.41) is 14.2. The van der Waals surface area contributed by atoms with E-state index in [0.29, 0.717) is 18.6 Å². The Bertz CT molecular complexity index is 962. The fourth-order valence-corrected chi connectivity index (χ4v) is 3.93. The summed E-state index contributed by atoms with van der Waals surface area (Å²) < 4.78 is 81.0. The quantitative estimate of drug-likeness (QED) is 0.506. The van der Waals surface area contributed by atoms with Crippen molar-refractivity contribution in [3.63, 3.8) is 0 Å². The van der Waals surface area contributed by atoms with Crippen molar-refractivity contribution in [2.75, 3.05) is 19.8 Å². The van der Waals surface area contributed by atoms with E-state index in [1.54, 1.807) is 12.5 Å². The number of carboxylic acid groups (broad SMARTS) is 2. The van der Waals surface area contributed by atoms with Crippen LogP contribution in [0.25, 0.3) is 0 Å². The second kappa shape index (κ2) is 14.1. The number of rotatable bonds is 6. The molecule has 38 heavy (non-hydrogen) atoms. The standard InChI is InChI=1S/C19H24N2O3.2C2HF3O2/c1-3-15(11-20-7-1)13-22-14-16-5-6-18-19(16)24-10-8-21(18)12-17-4-2-9-23-17;2*3-2(4,5)1(6)7/h1-4,7,9,11,16,18-19H,5-6,8,10,12-14H2;2*(H,6,7). The number of hydrogen-bond acceptors (Lipinski definition) is 7. The molecule has 0 bridgehead atoms. The van der Waals surface area contributed by atoms with Gasteiger partial charge in [0.05, 0.1) is 38.7 Å². The number of aromatic nitrogens is 1. The summed E-state index contributed by atoms with van der Waals surface area (Å²) in [6, 6.07) is 8.48. The Morgan fingerprint density at radius 3 is 2.24 bits per heavy atom. The van der Waals surface area contributed by atoms with Crippen LogP contribution < -0.4 is 0 Å². The van der Waals surface area contributed by atoms with Crippen LogP contribution in [0, 0.1) is 5.92 Å². The highest BCUT2D eigenvalue weighted by molar-refractivity contribution is 5.73. The zero-order valence-corrected chi connectivity index (χ0v) is 19.8. The Hall–Kier alpha value is -3.17. The number of carbonyl (C=O) groups is 2. The normalized spacial score (nSPS) is 21.4. The molecular formula is C23H26F6N2O7. The van der Waals surface area contributed by atoms with E-state index < -0.39 is 24.3 Å². The van der Waals surface area contributed by atoms with Gasteiger partial charge in [0, 0.05) is 30.9 Å². The first-order chi connectivity index (χ1) is 17.8. The minimum Gasteiger partial charge on any atom is -0.475 e. The van der Waals surface area contributed by atoms with Gasteiger partial charge in [-0.15, -0.1) is 0 Å². The first-order valence-corrected chi connectivity index (χ1v) is 11.2. The van der Waals surface area contributed by atoms with Gasteiger partial charge in [0.15, 0.2) is 0 Å². The minimum atomic E-state index is -5.08. The zero-order chi connectivity index (χ0) is 28.3. The van der Waals surface area contributed by atoms with Gasteiger partial charge >= 0.3 is 24.3 Å². The number of hydrogen-bond donors (Lipinski definition) is 2. The van der Waals surface area contributed by atoms with Crippen molar-refractivity contribution in [1.29, 1.82) is 0 Å². The van der Waals surface area contributed by atoms with Crippen molar-refractivity contribution in [2.45, 2.75) is 50.5 Å². The van der Waals surface area contributed by atoms with Crippen LogP contribution >= 0.6 is 0 Å². The topological polar surface area (TPSA) is 122 Å². The third-order valence-corrected chi connectivity index (χ3v) is 5.58. The second-order valence-electron chi connectivity index (χ2n) is 8.27. The van der Waals surface area contributed by atoms with Gasteiger partial charge in [-0.25, -0.2) is 9.59 Å². The lowest BCUT2D eigenvalue weighted by molar-refractivity contribution is -0.193. The molecule has 1 saturated heterocycles. The fraction of sp³-hybridized carbons (Fsp3) is 0.522. The summed E-state index contributed by atoms with van der Waals surface area (Å²) >= 11 is 0. The molecule has 3 unspecified atom stereocenters. The van der Waals surface area contributed by atoms with Gasteiger partial charge in [-0.2, -0.15) is 26.3 Å². The number of carboxylic acids is 2. The van der Waals surface area contributed by atoms with Crippen molar-refractivity contribution in [2.24, 2.45) is 5.92 Å². The predicted molar refractivity (Wildman–Crippen MR) is 117 cm³/mol. The van der Waals surface area contributed by atoms with Crippen molar-refractivity contribution >= 4 is 11.9 Å². The Morgan fingerprint density at radius 1 is 1.05 bits per heavy atom. The molecule has 1 aliphatic carbocycles. The molecule has 212 valence electrons. The fourth-order valence-electron chi connectivity index (χ4n) is 3.93. The van der Waals surface area contributed by atoms with E-state index in [-0.39, 0.29) is 6.10 Å². The van der Waals surface area contributed by atoms with Crippen LogP contribution in [0.15, 0.2) is 47.3 Å². The van der Waals surface area contributed by atoms with Crippen molar-refractivity contribution in [1.82, 2.24) is 9.88 Å². The van der Waals surface area contributed by atoms with E-state index in [4.69, 9.17) is 33.7 Å². The number of fused-ring (bicyclic) bond motifs is 1. The Morgan fingerprint density at radius 2 is 1.71 bits per heavy atom. The van der Waals surface area contributed by atoms with Gasteiger partial charge in [0.25, 0.3) is 0 Å². The summed E-state index contributed by atoms with van der Waals surface area (Å²) in [4.78, 5) is 24.4. The minimum absolute atomic E-state index is 0.280. The van der Waals surface area contributed by atoms with Crippen molar-refractivity contribution in [3.8, 4) is 0 Å². The Kier molecular flexibility index (Phi) is 11.5. The van der Waals surface area contributed by atoms with Crippen LogP contribution in [0.5, 0.6) is 0 Å². The molecule has 0 amide bonds. The third kappa shape index (κ3) is 10.3. The van der Waals surface area contributed by atoms with Crippen LogP contribution in [0.1, 0.15) is 24.2 Å². The lowest BCUT2D eigenvalue weighted by atomic mass is 10.0. The molecule has 15 heteroatoms. The lowest BCUT2D eigenvalue weighted by Gasteiger charge is -2.38. The molecule has 3 heterocycles. The lowest BCUT2D eigenvalue weighted by Crippen LogP contribution is -2.50. The second-order valence-corrected chi connectivity index (χ2v) is 8.27. The molecule has 4 rings (SSSR count). The number of furan rings is 1. The number of aliphatic carboxylic acids is 2. The first kappa shape index (κ1) is 31.1. The Balaban J connectivity index is 0.000000301. The number of alkyl halides is 6. The molecule has 3 atom stereocenters. The number of nitrogens with zero attached hydrogens (tertiary/aromatic N) is 2. The van der Waals surface area contributed by atoms with Gasteiger partial charge in [0.2, 0.25) is 0 Å². The molecule has 1 saturated carbocycles. The molecule has 0 aromatic carbocycles. The van der Waals surface area contributed by atoms with E-state index in [2.05, 4.69) is 9.88 Å². The molecule has 2 N–H and O–H groups in total. The van der Waals surface area contributed by atoms with E-state index in [9.17, 15) is 26.3 Å². The first-order valence-electron chi connectivity index (χ1n) is 11.2. The van der Waals surface area contributed by atoms with Crippen LogP contribution in [-0.4, -0.2) is 76.3 Å². The summed E-state index contributed by atoms with van der Waals surface area (Å²) in [7, 11) is 0. The maximum Gasteiger partial charge on any atom is 0.490 e. The SMILES string of the molecule is O=C(O)C(F)(F)F.O=C(O)C(F)(F)F.c1cncc(COCC2CCC3C2OCCN3Cc2ccco2)c1. The van der Waals surface area contributed by atoms with Gasteiger partial charge in [-0.05, 0) is 36.6 Å². The van der Waals surface area contributed by atoms with Gasteiger partial charge in [-0.3, -0.25) is 9.88 Å². The van der Waals surface area contributed by atoms with E-state index in [0.717, 1.165) is 44.0 Å². The van der Waals surface area contributed by atoms with Crippen LogP contribution in [-0.2, 0) is 32.2 Å². The number of ether oxygens (including phenoxy) is 2. The monoisotopic (exact) mass is 556 g/mol. The third-order valence-electron chi connectivity index (χ3n) is 5.58. The average molecular weight is 556 g/mol. The molecule has 2 aromatic rings. The van der Waals surface area contributed by atoms with E-state index in [1.165, 1.54) is 6.42 Å². The summed E-state index contributed by atoms with van der Waals surface area (Å²) in [5.74, 6) is -4.00. The maximum absolute atomic E-state index is 10.6.